The lowest BCUT2D eigenvalue weighted by molar-refractivity contribution is 0.616. The third-order valence-corrected chi connectivity index (χ3v) is 6.77. The lowest BCUT2D eigenvalue weighted by Gasteiger charge is -2.17. The zero-order valence-electron chi connectivity index (χ0n) is 26.7. The lowest BCUT2D eigenvalue weighted by atomic mass is 9.86. The zero-order valence-corrected chi connectivity index (χ0v) is 18.7. The number of furan rings is 2. The number of hydrogen-bond acceptors (Lipinski definition) is 2. The first kappa shape index (κ1) is 13.3. The van der Waals surface area contributed by atoms with Crippen LogP contribution in [0.25, 0.3) is 76.7 Å². The molecule has 2 nitrogen and oxygen atoms in total. The van der Waals surface area contributed by atoms with Gasteiger partial charge in [0.25, 0.3) is 0 Å². The van der Waals surface area contributed by atoms with Gasteiger partial charge >= 0.3 is 0 Å². The van der Waals surface area contributed by atoms with Crippen molar-refractivity contribution in [3.05, 3.63) is 121 Å². The molecular formula is C34H20O2. The van der Waals surface area contributed by atoms with Crippen molar-refractivity contribution in [2.75, 3.05) is 0 Å². The summed E-state index contributed by atoms with van der Waals surface area (Å²) < 4.78 is 82.2. The molecule has 0 fully saturated rings. The van der Waals surface area contributed by atoms with Crippen molar-refractivity contribution in [2.24, 2.45) is 0 Å². The summed E-state index contributed by atoms with van der Waals surface area (Å²) >= 11 is 0. The van der Waals surface area contributed by atoms with E-state index < -0.39 is 24.2 Å². The van der Waals surface area contributed by atoms with Gasteiger partial charge in [-0.1, -0.05) is 84.7 Å². The molecule has 0 N–H and O–H groups in total. The van der Waals surface area contributed by atoms with E-state index >= 15 is 0 Å². The highest BCUT2D eigenvalue weighted by molar-refractivity contribution is 6.22. The number of benzene rings is 6. The van der Waals surface area contributed by atoms with Crippen molar-refractivity contribution in [2.45, 2.75) is 0 Å². The van der Waals surface area contributed by atoms with Crippen LogP contribution in [0.4, 0.5) is 0 Å². The molecule has 6 aromatic carbocycles. The van der Waals surface area contributed by atoms with Crippen molar-refractivity contribution in [3.63, 3.8) is 0 Å². The van der Waals surface area contributed by atoms with Crippen molar-refractivity contribution in [1.29, 1.82) is 0 Å². The second kappa shape index (κ2) is 7.34. The first-order valence-electron chi connectivity index (χ1n) is 15.5. The van der Waals surface area contributed by atoms with Crippen LogP contribution in [0.5, 0.6) is 0 Å². The van der Waals surface area contributed by atoms with E-state index in [1.54, 1.807) is 42.7 Å². The molecule has 0 saturated heterocycles. The SMILES string of the molecule is [2H]c1c([2H])c([2H])c2c(-c3ccc4c(c3)oc3cc5ccoc5cc34)c3c([2H])c([2H])c([2H])c([2H])c3c(-c3ccccc3)c2c1[2H]. The van der Waals surface area contributed by atoms with Gasteiger partial charge in [-0.2, -0.15) is 0 Å². The second-order valence-corrected chi connectivity index (χ2v) is 8.74. The molecule has 2 heteroatoms. The van der Waals surface area contributed by atoms with Crippen LogP contribution < -0.4 is 0 Å². The topological polar surface area (TPSA) is 26.3 Å². The summed E-state index contributed by atoms with van der Waals surface area (Å²) in [7, 11) is 0. The average Bonchev–Trinajstić information content (AvgIpc) is 3.65. The Balaban J connectivity index is 1.61. The van der Waals surface area contributed by atoms with Crippen molar-refractivity contribution < 1.29 is 19.8 Å². The molecule has 0 unspecified atom stereocenters. The van der Waals surface area contributed by atoms with Gasteiger partial charge in [0.2, 0.25) is 0 Å². The first-order valence-corrected chi connectivity index (χ1v) is 11.5. The molecule has 8 aromatic rings. The Hall–Kier alpha value is -4.82. The van der Waals surface area contributed by atoms with Crippen molar-refractivity contribution >= 4 is 54.5 Å². The fourth-order valence-corrected chi connectivity index (χ4v) is 5.19. The maximum atomic E-state index is 9.07. The van der Waals surface area contributed by atoms with Gasteiger partial charge in [-0.15, -0.1) is 0 Å². The molecule has 0 aliphatic carbocycles. The average molecular weight is 469 g/mol. The van der Waals surface area contributed by atoms with E-state index in [2.05, 4.69) is 0 Å². The Bertz CT molecular complexity index is 2450. The fourth-order valence-electron chi connectivity index (χ4n) is 5.19. The van der Waals surface area contributed by atoms with Crippen LogP contribution in [0.2, 0.25) is 0 Å². The standard InChI is InChI=1S/C34H20O2/c1-2-8-21(9-3-1)33-25-10-4-6-12-27(25)34(28-13-7-5-11-26(28)33)23-14-15-24-29-20-30-22(16-17-35-30)18-32(29)36-31(24)19-23/h1-20H/i4D,5D,6D,7D,10D,11D,12D,13D. The van der Waals surface area contributed by atoms with E-state index in [4.69, 9.17) is 19.8 Å². The summed E-state index contributed by atoms with van der Waals surface area (Å²) in [4.78, 5) is 0. The van der Waals surface area contributed by atoms with E-state index in [0.29, 0.717) is 33.4 Å². The van der Waals surface area contributed by atoms with E-state index in [9.17, 15) is 0 Å². The Morgan fingerprint density at radius 1 is 0.500 bits per heavy atom. The van der Waals surface area contributed by atoms with E-state index in [1.165, 1.54) is 0 Å². The molecule has 0 saturated carbocycles. The largest absolute Gasteiger partial charge is 0.464 e. The Labute approximate surface area is 218 Å². The monoisotopic (exact) mass is 468 g/mol. The van der Waals surface area contributed by atoms with Gasteiger partial charge < -0.3 is 8.83 Å². The van der Waals surface area contributed by atoms with Gasteiger partial charge in [-0.05, 0) is 74.1 Å². The van der Waals surface area contributed by atoms with Gasteiger partial charge in [-0.3, -0.25) is 0 Å². The summed E-state index contributed by atoms with van der Waals surface area (Å²) in [5, 5.41) is 3.23. The van der Waals surface area contributed by atoms with Gasteiger partial charge in [0.1, 0.15) is 16.7 Å². The number of hydrogen-bond donors (Lipinski definition) is 0. The summed E-state index contributed by atoms with van der Waals surface area (Å²) in [5.74, 6) is 0. The van der Waals surface area contributed by atoms with Gasteiger partial charge in [0.15, 0.2) is 0 Å². The fraction of sp³-hybridized carbons (Fsp3) is 0. The molecule has 0 aliphatic heterocycles. The normalized spacial score (nSPS) is 15.0. The third kappa shape index (κ3) is 2.73. The molecular weight excluding hydrogens is 440 g/mol. The predicted octanol–water partition coefficient (Wildman–Crippen LogP) is 9.97. The van der Waals surface area contributed by atoms with Crippen LogP contribution in [0.3, 0.4) is 0 Å². The van der Waals surface area contributed by atoms with Crippen molar-refractivity contribution in [3.8, 4) is 22.3 Å². The maximum absolute atomic E-state index is 9.07. The Morgan fingerprint density at radius 3 is 1.83 bits per heavy atom. The minimum atomic E-state index is -0.435. The second-order valence-electron chi connectivity index (χ2n) is 8.74. The molecule has 0 aliphatic rings. The van der Waals surface area contributed by atoms with Crippen molar-refractivity contribution in [1.82, 2.24) is 0 Å². The lowest BCUT2D eigenvalue weighted by Crippen LogP contribution is -1.90. The van der Waals surface area contributed by atoms with Gasteiger partial charge in [0.05, 0.1) is 17.2 Å². The summed E-state index contributed by atoms with van der Waals surface area (Å²) in [6, 6.07) is 17.1. The minimum absolute atomic E-state index is 0.167. The number of fused-ring (bicyclic) bond motifs is 6. The molecule has 168 valence electrons. The van der Waals surface area contributed by atoms with Crippen LogP contribution in [-0.4, -0.2) is 0 Å². The molecule has 0 atom stereocenters. The van der Waals surface area contributed by atoms with E-state index in [-0.39, 0.29) is 51.3 Å². The van der Waals surface area contributed by atoms with Crippen LogP contribution in [0, 0.1) is 0 Å². The highest BCUT2D eigenvalue weighted by Gasteiger charge is 2.17. The Morgan fingerprint density at radius 2 is 1.14 bits per heavy atom. The molecule has 0 amide bonds. The predicted molar refractivity (Wildman–Crippen MR) is 149 cm³/mol. The molecule has 8 rings (SSSR count). The zero-order chi connectivity index (χ0) is 30.6. The van der Waals surface area contributed by atoms with E-state index in [0.717, 1.165) is 16.2 Å². The van der Waals surface area contributed by atoms with Gasteiger partial charge in [0, 0.05) is 16.2 Å². The maximum Gasteiger partial charge on any atom is 0.136 e. The Kier molecular flexibility index (Phi) is 2.71. The quantitative estimate of drug-likeness (QED) is 0.236. The summed E-state index contributed by atoms with van der Waals surface area (Å²) in [5.41, 5.74) is 3.54. The molecule has 2 heterocycles. The molecule has 0 bridgehead atoms. The highest BCUT2D eigenvalue weighted by atomic mass is 16.3. The van der Waals surface area contributed by atoms with Crippen LogP contribution in [-0.2, 0) is 0 Å². The van der Waals surface area contributed by atoms with Gasteiger partial charge in [-0.25, -0.2) is 0 Å². The summed E-state index contributed by atoms with van der Waals surface area (Å²) in [6.45, 7) is 0. The first-order chi connectivity index (χ1) is 21.2. The molecule has 0 spiro atoms. The van der Waals surface area contributed by atoms with Crippen LogP contribution >= 0.6 is 0 Å². The summed E-state index contributed by atoms with van der Waals surface area (Å²) in [6.07, 6.45) is 1.61. The van der Waals surface area contributed by atoms with Crippen LogP contribution in [0.1, 0.15) is 11.0 Å². The minimum Gasteiger partial charge on any atom is -0.464 e. The smallest absolute Gasteiger partial charge is 0.136 e. The number of rotatable bonds is 2. The van der Waals surface area contributed by atoms with Crippen LogP contribution in [0.15, 0.2) is 130 Å². The molecule has 36 heavy (non-hydrogen) atoms. The molecule has 2 aromatic heterocycles. The molecule has 0 radical (unpaired) electrons. The third-order valence-electron chi connectivity index (χ3n) is 6.77. The van der Waals surface area contributed by atoms with E-state index in [1.807, 2.05) is 30.3 Å². The highest BCUT2D eigenvalue weighted by Crippen LogP contribution is 2.44.